The quantitative estimate of drug-likeness (QED) is 0.842. The molecule has 2 N–H and O–H groups in total. The van der Waals surface area contributed by atoms with E-state index in [4.69, 9.17) is 0 Å². The Kier molecular flexibility index (Phi) is 4.53. The van der Waals surface area contributed by atoms with E-state index in [1.807, 2.05) is 25.4 Å². The van der Waals surface area contributed by atoms with Gasteiger partial charge in [-0.3, -0.25) is 14.4 Å². The van der Waals surface area contributed by atoms with Crippen molar-refractivity contribution >= 4 is 5.91 Å². The SMILES string of the molecule is CNC(=O)C(F)(F)C1(O)CCN(Cc2cnn(C(C)C)c2)C1. The molecule has 1 aliphatic rings. The maximum absolute atomic E-state index is 14.0. The predicted octanol–water partition coefficient (Wildman–Crippen LogP) is 0.782. The second-order valence-electron chi connectivity index (χ2n) is 6.07. The molecule has 2 rings (SSSR count). The number of likely N-dealkylation sites (tertiary alicyclic amines) is 1. The molecule has 1 aromatic rings. The maximum atomic E-state index is 14.0. The summed E-state index contributed by atoms with van der Waals surface area (Å²) in [6, 6.07) is 0.224. The number of nitrogens with zero attached hydrogens (tertiary/aromatic N) is 3. The predicted molar refractivity (Wildman–Crippen MR) is 76.5 cm³/mol. The van der Waals surface area contributed by atoms with E-state index < -0.39 is 17.4 Å². The van der Waals surface area contributed by atoms with E-state index in [9.17, 15) is 18.7 Å². The van der Waals surface area contributed by atoms with Crippen molar-refractivity contribution in [3.05, 3.63) is 18.0 Å². The Balaban J connectivity index is 2.04. The van der Waals surface area contributed by atoms with Crippen molar-refractivity contribution in [3.63, 3.8) is 0 Å². The van der Waals surface area contributed by atoms with Gasteiger partial charge < -0.3 is 10.4 Å². The summed E-state index contributed by atoms with van der Waals surface area (Å²) in [7, 11) is 1.13. The molecule has 2 heterocycles. The zero-order chi connectivity index (χ0) is 16.5. The highest BCUT2D eigenvalue weighted by Crippen LogP contribution is 2.37. The van der Waals surface area contributed by atoms with Gasteiger partial charge in [-0.15, -0.1) is 0 Å². The van der Waals surface area contributed by atoms with Crippen molar-refractivity contribution in [2.75, 3.05) is 20.1 Å². The van der Waals surface area contributed by atoms with E-state index in [1.165, 1.54) is 0 Å². The monoisotopic (exact) mass is 316 g/mol. The Morgan fingerprint density at radius 2 is 2.27 bits per heavy atom. The third-order valence-corrected chi connectivity index (χ3v) is 4.01. The summed E-state index contributed by atoms with van der Waals surface area (Å²) in [5, 5.41) is 16.3. The number of nitrogens with one attached hydrogen (secondary N) is 1. The first kappa shape index (κ1) is 16.8. The van der Waals surface area contributed by atoms with Crippen LogP contribution in [-0.4, -0.2) is 57.4 Å². The highest BCUT2D eigenvalue weighted by molar-refractivity contribution is 5.84. The number of aromatic nitrogens is 2. The standard InChI is InChI=1S/C14H22F2N4O2/c1-10(2)20-8-11(6-18-20)7-19-5-4-13(22,9-19)14(15,16)12(21)17-3/h6,8,10,22H,4-5,7,9H2,1-3H3,(H,17,21). The lowest BCUT2D eigenvalue weighted by Crippen LogP contribution is -2.57. The van der Waals surface area contributed by atoms with Gasteiger partial charge in [0.2, 0.25) is 0 Å². The van der Waals surface area contributed by atoms with Gasteiger partial charge in [-0.05, 0) is 20.3 Å². The molecular formula is C14H22F2N4O2. The first-order valence-corrected chi connectivity index (χ1v) is 7.27. The van der Waals surface area contributed by atoms with Crippen LogP contribution in [0, 0.1) is 0 Å². The van der Waals surface area contributed by atoms with Crippen molar-refractivity contribution in [2.24, 2.45) is 0 Å². The Morgan fingerprint density at radius 1 is 1.59 bits per heavy atom. The average Bonchev–Trinajstić information content (AvgIpc) is 3.06. The fourth-order valence-electron chi connectivity index (χ4n) is 2.63. The molecule has 0 radical (unpaired) electrons. The van der Waals surface area contributed by atoms with Gasteiger partial charge in [-0.1, -0.05) is 0 Å². The molecule has 6 nitrogen and oxygen atoms in total. The molecule has 1 fully saturated rings. The van der Waals surface area contributed by atoms with E-state index >= 15 is 0 Å². The van der Waals surface area contributed by atoms with Gasteiger partial charge in [0.15, 0.2) is 5.60 Å². The molecule has 1 aromatic heterocycles. The minimum Gasteiger partial charge on any atom is -0.382 e. The lowest BCUT2D eigenvalue weighted by atomic mass is 9.94. The number of aliphatic hydroxyl groups is 1. The minimum atomic E-state index is -3.81. The van der Waals surface area contributed by atoms with Crippen molar-refractivity contribution in [3.8, 4) is 0 Å². The van der Waals surface area contributed by atoms with Crippen LogP contribution in [-0.2, 0) is 11.3 Å². The molecule has 1 atom stereocenters. The lowest BCUT2D eigenvalue weighted by molar-refractivity contribution is -0.188. The van der Waals surface area contributed by atoms with Crippen molar-refractivity contribution < 1.29 is 18.7 Å². The van der Waals surface area contributed by atoms with Crippen LogP contribution < -0.4 is 5.32 Å². The molecule has 0 spiro atoms. The van der Waals surface area contributed by atoms with Crippen molar-refractivity contribution in [1.29, 1.82) is 0 Å². The summed E-state index contributed by atoms with van der Waals surface area (Å²) in [6.07, 6.45) is 3.40. The maximum Gasteiger partial charge on any atom is 0.353 e. The zero-order valence-corrected chi connectivity index (χ0v) is 13.0. The van der Waals surface area contributed by atoms with Crippen LogP contribution in [0.3, 0.4) is 0 Å². The molecule has 8 heteroatoms. The molecule has 0 aliphatic carbocycles. The Hall–Kier alpha value is -1.54. The van der Waals surface area contributed by atoms with Crippen LogP contribution in [0.5, 0.6) is 0 Å². The van der Waals surface area contributed by atoms with Crippen LogP contribution in [0.25, 0.3) is 0 Å². The second kappa shape index (κ2) is 5.92. The van der Waals surface area contributed by atoms with Crippen LogP contribution in [0.4, 0.5) is 8.78 Å². The van der Waals surface area contributed by atoms with Gasteiger partial charge in [-0.25, -0.2) is 0 Å². The Bertz CT molecular complexity index is 547. The first-order valence-electron chi connectivity index (χ1n) is 7.27. The molecule has 0 saturated carbocycles. The highest BCUT2D eigenvalue weighted by atomic mass is 19.3. The number of hydrogen-bond acceptors (Lipinski definition) is 4. The van der Waals surface area contributed by atoms with Crippen LogP contribution in [0.1, 0.15) is 31.9 Å². The first-order chi connectivity index (χ1) is 10.2. The topological polar surface area (TPSA) is 70.4 Å². The molecule has 1 amide bonds. The summed E-state index contributed by atoms with van der Waals surface area (Å²) < 4.78 is 29.8. The number of alkyl halides is 2. The summed E-state index contributed by atoms with van der Waals surface area (Å²) in [4.78, 5) is 13.0. The van der Waals surface area contributed by atoms with Gasteiger partial charge in [-0.2, -0.15) is 13.9 Å². The van der Waals surface area contributed by atoms with Gasteiger partial charge in [0.1, 0.15) is 0 Å². The summed E-state index contributed by atoms with van der Waals surface area (Å²) in [6.45, 7) is 4.46. The number of amides is 1. The smallest absolute Gasteiger partial charge is 0.353 e. The minimum absolute atomic E-state index is 0.147. The number of carbonyl (C=O) groups is 1. The number of rotatable bonds is 5. The summed E-state index contributed by atoms with van der Waals surface area (Å²) in [5.74, 6) is -5.26. The molecule has 0 bridgehead atoms. The fourth-order valence-corrected chi connectivity index (χ4v) is 2.63. The molecule has 1 saturated heterocycles. The van der Waals surface area contributed by atoms with E-state index in [1.54, 1.807) is 15.8 Å². The van der Waals surface area contributed by atoms with Gasteiger partial charge in [0.05, 0.1) is 6.20 Å². The number of halogens is 2. The third-order valence-electron chi connectivity index (χ3n) is 4.01. The van der Waals surface area contributed by atoms with Crippen LogP contribution in [0.2, 0.25) is 0 Å². The lowest BCUT2D eigenvalue weighted by Gasteiger charge is -2.30. The van der Waals surface area contributed by atoms with Gasteiger partial charge in [0.25, 0.3) is 5.91 Å². The van der Waals surface area contributed by atoms with Gasteiger partial charge >= 0.3 is 5.92 Å². The molecule has 1 aliphatic heterocycles. The number of β-amino-alcohol motifs (C(OH)–C–C–N with tert-alkyl or cyclic N) is 1. The van der Waals surface area contributed by atoms with E-state index in [-0.39, 0.29) is 19.0 Å². The molecule has 124 valence electrons. The van der Waals surface area contributed by atoms with Crippen LogP contribution in [0.15, 0.2) is 12.4 Å². The normalized spacial score (nSPS) is 23.2. The number of carbonyl (C=O) groups excluding carboxylic acids is 1. The molecular weight excluding hydrogens is 294 g/mol. The van der Waals surface area contributed by atoms with Crippen molar-refractivity contribution in [2.45, 2.75) is 44.4 Å². The van der Waals surface area contributed by atoms with E-state index in [0.29, 0.717) is 13.1 Å². The van der Waals surface area contributed by atoms with E-state index in [0.717, 1.165) is 12.6 Å². The van der Waals surface area contributed by atoms with Crippen LogP contribution >= 0.6 is 0 Å². The second-order valence-corrected chi connectivity index (χ2v) is 6.07. The van der Waals surface area contributed by atoms with E-state index in [2.05, 4.69) is 5.10 Å². The average molecular weight is 316 g/mol. The summed E-state index contributed by atoms with van der Waals surface area (Å²) >= 11 is 0. The van der Waals surface area contributed by atoms with Gasteiger partial charge in [0, 0.05) is 44.5 Å². The van der Waals surface area contributed by atoms with Crippen molar-refractivity contribution in [1.82, 2.24) is 20.0 Å². The third kappa shape index (κ3) is 2.98. The molecule has 22 heavy (non-hydrogen) atoms. The highest BCUT2D eigenvalue weighted by Gasteiger charge is 2.60. The largest absolute Gasteiger partial charge is 0.382 e. The molecule has 0 aromatic carbocycles. The zero-order valence-electron chi connectivity index (χ0n) is 13.0. The fraction of sp³-hybridized carbons (Fsp3) is 0.714. The Morgan fingerprint density at radius 3 is 2.82 bits per heavy atom. The Labute approximate surface area is 128 Å². The molecule has 1 unspecified atom stereocenters. The summed E-state index contributed by atoms with van der Waals surface area (Å²) in [5.41, 5.74) is -1.44. The number of hydrogen-bond donors (Lipinski definition) is 2.